The van der Waals surface area contributed by atoms with Crippen LogP contribution in [0.2, 0.25) is 0 Å². The Balaban J connectivity index is 1.99. The van der Waals surface area contributed by atoms with Crippen molar-refractivity contribution in [2.75, 3.05) is 19.7 Å². The molecular formula is C9H20N2O. The Morgan fingerprint density at radius 1 is 1.67 bits per heavy atom. The SMILES string of the molecule is CC(CCN)NC[C@H]1CCCO1. The van der Waals surface area contributed by atoms with Crippen molar-refractivity contribution in [2.24, 2.45) is 5.73 Å². The number of ether oxygens (including phenoxy) is 1. The molecule has 3 heteroatoms. The van der Waals surface area contributed by atoms with E-state index in [4.69, 9.17) is 10.5 Å². The lowest BCUT2D eigenvalue weighted by atomic mass is 10.2. The zero-order chi connectivity index (χ0) is 8.81. The highest BCUT2D eigenvalue weighted by Gasteiger charge is 2.15. The molecule has 2 atom stereocenters. The Morgan fingerprint density at radius 2 is 2.50 bits per heavy atom. The molecule has 1 aliphatic heterocycles. The van der Waals surface area contributed by atoms with Gasteiger partial charge in [-0.1, -0.05) is 0 Å². The lowest BCUT2D eigenvalue weighted by molar-refractivity contribution is 0.108. The van der Waals surface area contributed by atoms with Crippen molar-refractivity contribution in [3.63, 3.8) is 0 Å². The molecule has 1 fully saturated rings. The molecule has 3 nitrogen and oxygen atoms in total. The molecule has 12 heavy (non-hydrogen) atoms. The summed E-state index contributed by atoms with van der Waals surface area (Å²) >= 11 is 0. The van der Waals surface area contributed by atoms with E-state index in [2.05, 4.69) is 12.2 Å². The molecule has 0 amide bonds. The summed E-state index contributed by atoms with van der Waals surface area (Å²) in [5, 5.41) is 3.42. The Kier molecular flexibility index (Phi) is 4.58. The fourth-order valence-electron chi connectivity index (χ4n) is 1.49. The third-order valence-electron chi connectivity index (χ3n) is 2.32. The quantitative estimate of drug-likeness (QED) is 0.634. The summed E-state index contributed by atoms with van der Waals surface area (Å²) in [4.78, 5) is 0. The van der Waals surface area contributed by atoms with Crippen molar-refractivity contribution >= 4 is 0 Å². The summed E-state index contributed by atoms with van der Waals surface area (Å²) < 4.78 is 5.49. The molecule has 0 aliphatic carbocycles. The van der Waals surface area contributed by atoms with Crippen molar-refractivity contribution in [1.82, 2.24) is 5.32 Å². The lowest BCUT2D eigenvalue weighted by Gasteiger charge is -2.15. The Bertz CT molecular complexity index is 113. The monoisotopic (exact) mass is 172 g/mol. The van der Waals surface area contributed by atoms with Crippen LogP contribution in [0.4, 0.5) is 0 Å². The third-order valence-corrected chi connectivity index (χ3v) is 2.32. The standard InChI is InChI=1S/C9H20N2O/c1-8(4-5-10)11-7-9-3-2-6-12-9/h8-9,11H,2-7,10H2,1H3/t8?,9-/m1/s1. The fraction of sp³-hybridized carbons (Fsp3) is 1.00. The minimum absolute atomic E-state index is 0.449. The summed E-state index contributed by atoms with van der Waals surface area (Å²) in [6.07, 6.45) is 3.93. The zero-order valence-electron chi connectivity index (χ0n) is 7.88. The van der Waals surface area contributed by atoms with Gasteiger partial charge in [-0.05, 0) is 32.7 Å². The zero-order valence-corrected chi connectivity index (χ0v) is 7.88. The van der Waals surface area contributed by atoms with Crippen LogP contribution in [0.5, 0.6) is 0 Å². The first-order chi connectivity index (χ1) is 5.83. The molecule has 0 aromatic heterocycles. The second-order valence-electron chi connectivity index (χ2n) is 3.52. The molecule has 72 valence electrons. The first-order valence-electron chi connectivity index (χ1n) is 4.88. The van der Waals surface area contributed by atoms with E-state index in [1.54, 1.807) is 0 Å². The maximum atomic E-state index is 5.49. The number of rotatable bonds is 5. The van der Waals surface area contributed by atoms with Gasteiger partial charge in [-0.3, -0.25) is 0 Å². The molecule has 1 rings (SSSR count). The van der Waals surface area contributed by atoms with Gasteiger partial charge in [0.25, 0.3) is 0 Å². The van der Waals surface area contributed by atoms with Crippen molar-refractivity contribution in [3.05, 3.63) is 0 Å². The Labute approximate surface area is 74.7 Å². The molecule has 1 saturated heterocycles. The van der Waals surface area contributed by atoms with Crippen LogP contribution in [0, 0.1) is 0 Å². The van der Waals surface area contributed by atoms with Crippen LogP contribution in [0.1, 0.15) is 26.2 Å². The van der Waals surface area contributed by atoms with Gasteiger partial charge >= 0.3 is 0 Å². The molecule has 0 aromatic rings. The van der Waals surface area contributed by atoms with Gasteiger partial charge in [0.05, 0.1) is 6.10 Å². The van der Waals surface area contributed by atoms with Crippen LogP contribution >= 0.6 is 0 Å². The van der Waals surface area contributed by atoms with Crippen molar-refractivity contribution in [2.45, 2.75) is 38.3 Å². The van der Waals surface area contributed by atoms with E-state index in [0.717, 1.165) is 26.1 Å². The maximum Gasteiger partial charge on any atom is 0.0700 e. The number of hydrogen-bond acceptors (Lipinski definition) is 3. The van der Waals surface area contributed by atoms with Crippen molar-refractivity contribution in [3.8, 4) is 0 Å². The predicted octanol–water partition coefficient (Wildman–Crippen LogP) is 0.492. The highest BCUT2D eigenvalue weighted by atomic mass is 16.5. The highest BCUT2D eigenvalue weighted by Crippen LogP contribution is 2.10. The molecule has 3 N–H and O–H groups in total. The van der Waals surface area contributed by atoms with Crippen LogP contribution in [0.15, 0.2) is 0 Å². The minimum atomic E-state index is 0.449. The molecule has 0 bridgehead atoms. The van der Waals surface area contributed by atoms with Crippen molar-refractivity contribution < 1.29 is 4.74 Å². The molecular weight excluding hydrogens is 152 g/mol. The molecule has 1 heterocycles. The number of hydrogen-bond donors (Lipinski definition) is 2. The van der Waals surface area contributed by atoms with Gasteiger partial charge in [-0.2, -0.15) is 0 Å². The van der Waals surface area contributed by atoms with Crippen LogP contribution in [-0.2, 0) is 4.74 Å². The van der Waals surface area contributed by atoms with E-state index < -0.39 is 0 Å². The molecule has 0 spiro atoms. The average molecular weight is 172 g/mol. The van der Waals surface area contributed by atoms with Gasteiger partial charge < -0.3 is 15.8 Å². The van der Waals surface area contributed by atoms with E-state index in [0.29, 0.717) is 12.1 Å². The van der Waals surface area contributed by atoms with Gasteiger partial charge in [-0.15, -0.1) is 0 Å². The predicted molar refractivity (Wildman–Crippen MR) is 50.1 cm³/mol. The molecule has 0 aromatic carbocycles. The Hall–Kier alpha value is -0.120. The number of nitrogens with one attached hydrogen (secondary N) is 1. The maximum absolute atomic E-state index is 5.49. The normalized spacial score (nSPS) is 26.0. The second-order valence-corrected chi connectivity index (χ2v) is 3.52. The van der Waals surface area contributed by atoms with Gasteiger partial charge in [0.1, 0.15) is 0 Å². The molecule has 0 radical (unpaired) electrons. The van der Waals surface area contributed by atoms with E-state index >= 15 is 0 Å². The first-order valence-corrected chi connectivity index (χ1v) is 4.88. The van der Waals surface area contributed by atoms with Crippen LogP contribution in [-0.4, -0.2) is 31.8 Å². The minimum Gasteiger partial charge on any atom is -0.377 e. The summed E-state index contributed by atoms with van der Waals surface area (Å²) in [6.45, 7) is 4.86. The van der Waals surface area contributed by atoms with Gasteiger partial charge in [0, 0.05) is 19.2 Å². The van der Waals surface area contributed by atoms with E-state index in [1.165, 1.54) is 12.8 Å². The van der Waals surface area contributed by atoms with Gasteiger partial charge in [0.15, 0.2) is 0 Å². The second kappa shape index (κ2) is 5.51. The average Bonchev–Trinajstić information content (AvgIpc) is 2.53. The Morgan fingerprint density at radius 3 is 3.08 bits per heavy atom. The largest absolute Gasteiger partial charge is 0.377 e. The van der Waals surface area contributed by atoms with Gasteiger partial charge in [0.2, 0.25) is 0 Å². The fourth-order valence-corrected chi connectivity index (χ4v) is 1.49. The van der Waals surface area contributed by atoms with Crippen LogP contribution in [0.3, 0.4) is 0 Å². The summed E-state index contributed by atoms with van der Waals surface area (Å²) in [5.41, 5.74) is 5.44. The lowest BCUT2D eigenvalue weighted by Crippen LogP contribution is -2.34. The van der Waals surface area contributed by atoms with Crippen molar-refractivity contribution in [1.29, 1.82) is 0 Å². The van der Waals surface area contributed by atoms with Crippen LogP contribution in [0.25, 0.3) is 0 Å². The number of nitrogens with two attached hydrogens (primary N) is 1. The van der Waals surface area contributed by atoms with Gasteiger partial charge in [-0.25, -0.2) is 0 Å². The summed E-state index contributed by atoms with van der Waals surface area (Å²) in [6, 6.07) is 0.527. The highest BCUT2D eigenvalue weighted by molar-refractivity contribution is 4.70. The van der Waals surface area contributed by atoms with E-state index in [9.17, 15) is 0 Å². The first kappa shape index (κ1) is 9.96. The summed E-state index contributed by atoms with van der Waals surface area (Å²) in [5.74, 6) is 0. The van der Waals surface area contributed by atoms with Crippen LogP contribution < -0.4 is 11.1 Å². The topological polar surface area (TPSA) is 47.3 Å². The molecule has 1 unspecified atom stereocenters. The van der Waals surface area contributed by atoms with E-state index in [1.807, 2.05) is 0 Å². The van der Waals surface area contributed by atoms with E-state index in [-0.39, 0.29) is 0 Å². The smallest absolute Gasteiger partial charge is 0.0700 e. The third kappa shape index (κ3) is 3.52. The summed E-state index contributed by atoms with van der Waals surface area (Å²) in [7, 11) is 0. The molecule has 1 aliphatic rings. The molecule has 0 saturated carbocycles.